The van der Waals surface area contributed by atoms with Gasteiger partial charge in [0.2, 0.25) is 11.8 Å². The number of rotatable bonds is 8. The molecular formula is C28H42ClN5O2. The van der Waals surface area contributed by atoms with Crippen molar-refractivity contribution in [2.75, 3.05) is 32.7 Å². The summed E-state index contributed by atoms with van der Waals surface area (Å²) in [6.45, 7) is 11.8. The fourth-order valence-electron chi connectivity index (χ4n) is 5.62. The molecule has 1 aromatic rings. The molecule has 0 spiro atoms. The second kappa shape index (κ2) is 12.4. The predicted molar refractivity (Wildman–Crippen MR) is 144 cm³/mol. The lowest BCUT2D eigenvalue weighted by Crippen LogP contribution is -2.58. The van der Waals surface area contributed by atoms with Crippen molar-refractivity contribution in [3.05, 3.63) is 34.9 Å². The Morgan fingerprint density at radius 1 is 1.19 bits per heavy atom. The quantitative estimate of drug-likeness (QED) is 0.459. The number of piperidine rings is 2. The molecule has 2 aliphatic rings. The second-order valence-corrected chi connectivity index (χ2v) is 12.0. The molecule has 3 N–H and O–H groups in total. The van der Waals surface area contributed by atoms with Crippen LogP contribution in [-0.2, 0) is 15.0 Å². The molecule has 2 aliphatic heterocycles. The zero-order valence-electron chi connectivity index (χ0n) is 22.2. The van der Waals surface area contributed by atoms with E-state index in [4.69, 9.17) is 11.6 Å². The molecule has 0 aromatic heterocycles. The summed E-state index contributed by atoms with van der Waals surface area (Å²) in [7, 11) is 0. The summed E-state index contributed by atoms with van der Waals surface area (Å²) in [5.41, 5.74) is 0.246. The van der Waals surface area contributed by atoms with E-state index in [1.807, 2.05) is 29.2 Å². The molecule has 8 heteroatoms. The van der Waals surface area contributed by atoms with E-state index in [9.17, 15) is 14.9 Å². The Labute approximate surface area is 221 Å². The number of nitriles is 1. The van der Waals surface area contributed by atoms with Crippen molar-refractivity contribution in [2.24, 2.45) is 11.3 Å². The number of nitrogens with one attached hydrogen (secondary N) is 3. The highest BCUT2D eigenvalue weighted by Gasteiger charge is 2.48. The number of carbonyl (C=O) groups excluding carboxylic acids is 2. The van der Waals surface area contributed by atoms with Crippen molar-refractivity contribution in [3.8, 4) is 6.07 Å². The zero-order chi connectivity index (χ0) is 26.3. The molecule has 0 bridgehead atoms. The first-order chi connectivity index (χ1) is 17.0. The molecule has 36 heavy (non-hydrogen) atoms. The minimum atomic E-state index is -0.749. The summed E-state index contributed by atoms with van der Waals surface area (Å²) in [6.07, 6.45) is 4.08. The molecule has 0 aliphatic carbocycles. The van der Waals surface area contributed by atoms with Crippen LogP contribution in [0.1, 0.15) is 65.4 Å². The summed E-state index contributed by atoms with van der Waals surface area (Å²) in [4.78, 5) is 26.4. The van der Waals surface area contributed by atoms with Gasteiger partial charge in [0.25, 0.3) is 0 Å². The molecule has 7 nitrogen and oxygen atoms in total. The van der Waals surface area contributed by atoms with Crippen molar-refractivity contribution >= 4 is 23.4 Å². The van der Waals surface area contributed by atoms with E-state index < -0.39 is 11.5 Å². The SMILES string of the molecule is CC(=O)N1CCC(NCCCNC(=O)C2CC(C#N)(c3ccc(Cl)cc3)C(CC(C)(C)C)CN2)CC1. The fourth-order valence-corrected chi connectivity index (χ4v) is 5.75. The van der Waals surface area contributed by atoms with E-state index in [1.54, 1.807) is 6.92 Å². The fraction of sp³-hybridized carbons (Fsp3) is 0.679. The Hall–Kier alpha value is -2.14. The van der Waals surface area contributed by atoms with Crippen LogP contribution in [0.2, 0.25) is 5.02 Å². The highest BCUT2D eigenvalue weighted by molar-refractivity contribution is 6.30. The maximum absolute atomic E-state index is 13.1. The van der Waals surface area contributed by atoms with E-state index in [-0.39, 0.29) is 23.1 Å². The van der Waals surface area contributed by atoms with Gasteiger partial charge in [-0.2, -0.15) is 5.26 Å². The third-order valence-corrected chi connectivity index (χ3v) is 7.85. The predicted octanol–water partition coefficient (Wildman–Crippen LogP) is 3.62. The first-order valence-corrected chi connectivity index (χ1v) is 13.6. The van der Waals surface area contributed by atoms with E-state index in [0.717, 1.165) is 50.9 Å². The van der Waals surface area contributed by atoms with Crippen molar-refractivity contribution in [3.63, 3.8) is 0 Å². The number of amides is 2. The molecule has 0 radical (unpaired) electrons. The van der Waals surface area contributed by atoms with Gasteiger partial charge < -0.3 is 20.9 Å². The number of likely N-dealkylation sites (tertiary alicyclic amines) is 1. The van der Waals surface area contributed by atoms with E-state index in [0.29, 0.717) is 30.6 Å². The summed E-state index contributed by atoms with van der Waals surface area (Å²) >= 11 is 6.13. The van der Waals surface area contributed by atoms with Crippen molar-refractivity contribution in [2.45, 2.75) is 77.3 Å². The number of benzene rings is 1. The molecule has 2 heterocycles. The number of hydrogen-bond acceptors (Lipinski definition) is 5. The number of nitrogens with zero attached hydrogens (tertiary/aromatic N) is 2. The third kappa shape index (κ3) is 7.44. The van der Waals surface area contributed by atoms with Crippen LogP contribution in [-0.4, -0.2) is 61.5 Å². The molecule has 3 rings (SSSR count). The average Bonchev–Trinajstić information content (AvgIpc) is 2.84. The topological polar surface area (TPSA) is 97.3 Å². The van der Waals surface area contributed by atoms with Crippen LogP contribution in [0, 0.1) is 22.7 Å². The van der Waals surface area contributed by atoms with Gasteiger partial charge in [0.15, 0.2) is 0 Å². The first kappa shape index (κ1) is 28.4. The molecule has 198 valence electrons. The summed E-state index contributed by atoms with van der Waals surface area (Å²) < 4.78 is 0. The van der Waals surface area contributed by atoms with E-state index in [1.165, 1.54) is 0 Å². The average molecular weight is 516 g/mol. The maximum Gasteiger partial charge on any atom is 0.237 e. The lowest BCUT2D eigenvalue weighted by molar-refractivity contribution is -0.130. The number of halogens is 1. The Bertz CT molecular complexity index is 931. The third-order valence-electron chi connectivity index (χ3n) is 7.59. The maximum atomic E-state index is 13.1. The lowest BCUT2D eigenvalue weighted by atomic mass is 9.61. The van der Waals surface area contributed by atoms with Crippen molar-refractivity contribution < 1.29 is 9.59 Å². The highest BCUT2D eigenvalue weighted by atomic mass is 35.5. The molecule has 2 amide bonds. The van der Waals surface area contributed by atoms with Crippen molar-refractivity contribution in [1.29, 1.82) is 5.26 Å². The van der Waals surface area contributed by atoms with Gasteiger partial charge in [-0.05, 0) is 67.7 Å². The van der Waals surface area contributed by atoms with E-state index >= 15 is 0 Å². The Kier molecular flexibility index (Phi) is 9.79. The zero-order valence-corrected chi connectivity index (χ0v) is 23.0. The van der Waals surface area contributed by atoms with Gasteiger partial charge in [0.05, 0.1) is 17.5 Å². The monoisotopic (exact) mass is 515 g/mol. The normalized spacial score (nSPS) is 25.3. The largest absolute Gasteiger partial charge is 0.355 e. The van der Waals surface area contributed by atoms with Crippen LogP contribution in [0.5, 0.6) is 0 Å². The molecule has 2 saturated heterocycles. The summed E-state index contributed by atoms with van der Waals surface area (Å²) in [5.74, 6) is 0.188. The molecule has 0 saturated carbocycles. The van der Waals surface area contributed by atoms with Gasteiger partial charge in [-0.1, -0.05) is 44.5 Å². The van der Waals surface area contributed by atoms with Crippen LogP contribution in [0.15, 0.2) is 24.3 Å². The number of hydrogen-bond donors (Lipinski definition) is 3. The van der Waals surface area contributed by atoms with Gasteiger partial charge in [-0.3, -0.25) is 9.59 Å². The van der Waals surface area contributed by atoms with Gasteiger partial charge in [0, 0.05) is 44.2 Å². The highest BCUT2D eigenvalue weighted by Crippen LogP contribution is 2.44. The lowest BCUT2D eigenvalue weighted by Gasteiger charge is -2.45. The van der Waals surface area contributed by atoms with Gasteiger partial charge in [-0.15, -0.1) is 0 Å². The van der Waals surface area contributed by atoms with Crippen LogP contribution in [0.3, 0.4) is 0 Å². The summed E-state index contributed by atoms with van der Waals surface area (Å²) in [5, 5.41) is 21.2. The molecule has 2 fully saturated rings. The van der Waals surface area contributed by atoms with Crippen LogP contribution >= 0.6 is 11.6 Å². The Morgan fingerprint density at radius 2 is 1.86 bits per heavy atom. The van der Waals surface area contributed by atoms with Crippen LogP contribution < -0.4 is 16.0 Å². The summed E-state index contributed by atoms with van der Waals surface area (Å²) in [6, 6.07) is 10.2. The molecule has 3 atom stereocenters. The van der Waals surface area contributed by atoms with Crippen LogP contribution in [0.25, 0.3) is 0 Å². The minimum absolute atomic E-state index is 0.0486. The standard InChI is InChI=1S/C28H42ClN5O2/c1-20(35)34-14-10-24(11-15-34)31-12-5-13-32-26(36)25-17-28(19-30,21-6-8-23(29)9-7-21)22(18-33-25)16-27(2,3)4/h6-9,22,24-25,31,33H,5,10-18H2,1-4H3,(H,32,36). The van der Waals surface area contributed by atoms with Gasteiger partial charge in [-0.25, -0.2) is 0 Å². The van der Waals surface area contributed by atoms with Crippen molar-refractivity contribution in [1.82, 2.24) is 20.9 Å². The van der Waals surface area contributed by atoms with Gasteiger partial charge >= 0.3 is 0 Å². The van der Waals surface area contributed by atoms with Crippen LogP contribution in [0.4, 0.5) is 0 Å². The van der Waals surface area contributed by atoms with Gasteiger partial charge in [0.1, 0.15) is 0 Å². The minimum Gasteiger partial charge on any atom is -0.355 e. The van der Waals surface area contributed by atoms with E-state index in [2.05, 4.69) is 42.8 Å². The Morgan fingerprint density at radius 3 is 2.44 bits per heavy atom. The smallest absolute Gasteiger partial charge is 0.237 e. The molecular weight excluding hydrogens is 474 g/mol. The number of carbonyl (C=O) groups is 2. The first-order valence-electron chi connectivity index (χ1n) is 13.2. The molecule has 3 unspecified atom stereocenters. The Balaban J connectivity index is 1.54. The second-order valence-electron chi connectivity index (χ2n) is 11.6. The molecule has 1 aromatic carbocycles.